The second-order valence-electron chi connectivity index (χ2n) is 7.33. The average Bonchev–Trinajstić information content (AvgIpc) is 3.23. The maximum atomic E-state index is 5.35. The molecule has 1 fully saturated rings. The Bertz CT molecular complexity index is 887. The van der Waals surface area contributed by atoms with Gasteiger partial charge in [0.15, 0.2) is 5.82 Å². The number of rotatable bonds is 7. The standard InChI is InChI=1S/C22H28N6O/c1-3-26-13-15-27(16-14-26)21(19-9-11-20(29-2)12-10-19)22-23-24-25-28(22)17-18-7-5-4-6-8-18/h4-12,21H,3,13-17H2,1-2H3/t21-/m1/s1. The Hall–Kier alpha value is -2.77. The lowest BCUT2D eigenvalue weighted by Crippen LogP contribution is -2.48. The van der Waals surface area contributed by atoms with Gasteiger partial charge in [-0.15, -0.1) is 5.10 Å². The Balaban J connectivity index is 1.66. The van der Waals surface area contributed by atoms with Gasteiger partial charge in [-0.3, -0.25) is 4.90 Å². The van der Waals surface area contributed by atoms with Crippen LogP contribution in [-0.4, -0.2) is 69.8 Å². The molecule has 1 aliphatic heterocycles. The van der Waals surface area contributed by atoms with Crippen LogP contribution in [0.25, 0.3) is 0 Å². The van der Waals surface area contributed by atoms with Gasteiger partial charge in [-0.05, 0) is 40.2 Å². The molecule has 1 atom stereocenters. The Kier molecular flexibility index (Phi) is 6.17. The fourth-order valence-electron chi connectivity index (χ4n) is 3.92. The van der Waals surface area contributed by atoms with Gasteiger partial charge in [-0.1, -0.05) is 49.4 Å². The van der Waals surface area contributed by atoms with Crippen LogP contribution in [0.3, 0.4) is 0 Å². The molecule has 1 saturated heterocycles. The van der Waals surface area contributed by atoms with Crippen LogP contribution < -0.4 is 4.74 Å². The fourth-order valence-corrected chi connectivity index (χ4v) is 3.92. The number of ether oxygens (including phenoxy) is 1. The molecule has 7 nitrogen and oxygen atoms in total. The largest absolute Gasteiger partial charge is 0.497 e. The Morgan fingerprint density at radius 3 is 2.34 bits per heavy atom. The number of aromatic nitrogens is 4. The summed E-state index contributed by atoms with van der Waals surface area (Å²) in [5, 5.41) is 12.8. The SMILES string of the molecule is CCN1CCN([C@H](c2ccc(OC)cc2)c2nnnn2Cc2ccccc2)CC1. The first-order valence-corrected chi connectivity index (χ1v) is 10.2. The lowest BCUT2D eigenvalue weighted by atomic mass is 10.0. The second-order valence-corrected chi connectivity index (χ2v) is 7.33. The molecule has 0 amide bonds. The summed E-state index contributed by atoms with van der Waals surface area (Å²) < 4.78 is 7.28. The van der Waals surface area contributed by atoms with E-state index < -0.39 is 0 Å². The van der Waals surface area contributed by atoms with Gasteiger partial charge in [0.05, 0.1) is 19.7 Å². The average molecular weight is 393 g/mol. The molecule has 2 aromatic carbocycles. The summed E-state index contributed by atoms with van der Waals surface area (Å²) >= 11 is 0. The summed E-state index contributed by atoms with van der Waals surface area (Å²) in [7, 11) is 1.69. The third kappa shape index (κ3) is 4.46. The molecule has 0 aliphatic carbocycles. The lowest BCUT2D eigenvalue weighted by Gasteiger charge is -2.38. The van der Waals surface area contributed by atoms with E-state index in [0.717, 1.165) is 44.3 Å². The molecule has 152 valence electrons. The molecule has 0 N–H and O–H groups in total. The summed E-state index contributed by atoms with van der Waals surface area (Å²) in [5.41, 5.74) is 2.37. The van der Waals surface area contributed by atoms with E-state index >= 15 is 0 Å². The van der Waals surface area contributed by atoms with E-state index in [4.69, 9.17) is 4.74 Å². The summed E-state index contributed by atoms with van der Waals surface area (Å²) in [6.07, 6.45) is 0. The van der Waals surface area contributed by atoms with Crippen molar-refractivity contribution >= 4 is 0 Å². The first kappa shape index (κ1) is 19.5. The molecule has 0 saturated carbocycles. The number of benzene rings is 2. The lowest BCUT2D eigenvalue weighted by molar-refractivity contribution is 0.108. The highest BCUT2D eigenvalue weighted by Gasteiger charge is 2.30. The minimum Gasteiger partial charge on any atom is -0.497 e. The van der Waals surface area contributed by atoms with E-state index in [1.54, 1.807) is 7.11 Å². The van der Waals surface area contributed by atoms with Gasteiger partial charge in [0.2, 0.25) is 0 Å². The number of piperazine rings is 1. The monoisotopic (exact) mass is 392 g/mol. The van der Waals surface area contributed by atoms with E-state index in [2.05, 4.69) is 56.5 Å². The Morgan fingerprint density at radius 1 is 0.966 bits per heavy atom. The van der Waals surface area contributed by atoms with E-state index in [-0.39, 0.29) is 6.04 Å². The highest BCUT2D eigenvalue weighted by Crippen LogP contribution is 2.29. The molecule has 3 aromatic rings. The molecule has 7 heteroatoms. The van der Waals surface area contributed by atoms with Crippen molar-refractivity contribution in [2.24, 2.45) is 0 Å². The van der Waals surface area contributed by atoms with Gasteiger partial charge in [0.1, 0.15) is 5.75 Å². The Labute approximate surface area is 171 Å². The zero-order chi connectivity index (χ0) is 20.1. The minimum atomic E-state index is 0.0126. The van der Waals surface area contributed by atoms with Crippen LogP contribution in [0.5, 0.6) is 5.75 Å². The van der Waals surface area contributed by atoms with Crippen molar-refractivity contribution in [3.8, 4) is 5.75 Å². The van der Waals surface area contributed by atoms with Crippen molar-refractivity contribution in [2.75, 3.05) is 39.8 Å². The van der Waals surface area contributed by atoms with Gasteiger partial charge in [-0.25, -0.2) is 4.68 Å². The molecule has 1 aromatic heterocycles. The summed E-state index contributed by atoms with van der Waals surface area (Å²) in [5.74, 6) is 1.73. The van der Waals surface area contributed by atoms with E-state index in [0.29, 0.717) is 6.54 Å². The quantitative estimate of drug-likeness (QED) is 0.616. The molecule has 0 unspecified atom stereocenters. The number of hydrogen-bond donors (Lipinski definition) is 0. The van der Waals surface area contributed by atoms with Crippen LogP contribution in [0.1, 0.15) is 29.9 Å². The third-order valence-corrected chi connectivity index (χ3v) is 5.63. The number of nitrogens with zero attached hydrogens (tertiary/aromatic N) is 6. The summed E-state index contributed by atoms with van der Waals surface area (Å²) in [4.78, 5) is 4.97. The van der Waals surface area contributed by atoms with Crippen molar-refractivity contribution in [3.05, 3.63) is 71.5 Å². The van der Waals surface area contributed by atoms with Crippen LogP contribution in [0, 0.1) is 0 Å². The van der Waals surface area contributed by atoms with Gasteiger partial charge >= 0.3 is 0 Å². The third-order valence-electron chi connectivity index (χ3n) is 5.63. The summed E-state index contributed by atoms with van der Waals surface area (Å²) in [6.45, 7) is 8.06. The van der Waals surface area contributed by atoms with Gasteiger partial charge in [-0.2, -0.15) is 0 Å². The molecule has 0 radical (unpaired) electrons. The normalized spacial score (nSPS) is 16.6. The van der Waals surface area contributed by atoms with Gasteiger partial charge in [0.25, 0.3) is 0 Å². The smallest absolute Gasteiger partial charge is 0.173 e. The van der Waals surface area contributed by atoms with Crippen molar-refractivity contribution in [1.29, 1.82) is 0 Å². The topological polar surface area (TPSA) is 59.3 Å². The summed E-state index contributed by atoms with van der Waals surface area (Å²) in [6, 6.07) is 18.6. The molecular formula is C22H28N6O. The second kappa shape index (κ2) is 9.15. The van der Waals surface area contributed by atoms with Gasteiger partial charge < -0.3 is 9.64 Å². The van der Waals surface area contributed by atoms with Gasteiger partial charge in [0, 0.05) is 26.2 Å². The van der Waals surface area contributed by atoms with Crippen molar-refractivity contribution in [3.63, 3.8) is 0 Å². The predicted octanol–water partition coefficient (Wildman–Crippen LogP) is 2.46. The zero-order valence-corrected chi connectivity index (χ0v) is 17.1. The predicted molar refractivity (Wildman–Crippen MR) is 112 cm³/mol. The zero-order valence-electron chi connectivity index (χ0n) is 17.1. The molecular weight excluding hydrogens is 364 g/mol. The first-order valence-electron chi connectivity index (χ1n) is 10.2. The maximum absolute atomic E-state index is 5.35. The number of likely N-dealkylation sites (N-methyl/N-ethyl adjacent to an activating group) is 1. The van der Waals surface area contributed by atoms with Crippen LogP contribution >= 0.6 is 0 Å². The van der Waals surface area contributed by atoms with Crippen LogP contribution in [0.15, 0.2) is 54.6 Å². The molecule has 29 heavy (non-hydrogen) atoms. The van der Waals surface area contributed by atoms with Crippen molar-refractivity contribution in [1.82, 2.24) is 30.0 Å². The van der Waals surface area contributed by atoms with E-state index in [1.165, 1.54) is 11.1 Å². The first-order chi connectivity index (χ1) is 14.3. The molecule has 2 heterocycles. The minimum absolute atomic E-state index is 0.0126. The maximum Gasteiger partial charge on any atom is 0.173 e. The molecule has 1 aliphatic rings. The van der Waals surface area contributed by atoms with E-state index in [9.17, 15) is 0 Å². The number of methoxy groups -OCH3 is 1. The van der Waals surface area contributed by atoms with Crippen LogP contribution in [0.2, 0.25) is 0 Å². The molecule has 0 spiro atoms. The highest BCUT2D eigenvalue weighted by molar-refractivity contribution is 5.32. The van der Waals surface area contributed by atoms with Crippen molar-refractivity contribution in [2.45, 2.75) is 19.5 Å². The Morgan fingerprint density at radius 2 is 1.69 bits per heavy atom. The van der Waals surface area contributed by atoms with Crippen LogP contribution in [0.4, 0.5) is 0 Å². The van der Waals surface area contributed by atoms with E-state index in [1.807, 2.05) is 35.0 Å². The fraction of sp³-hybridized carbons (Fsp3) is 0.409. The van der Waals surface area contributed by atoms with Crippen molar-refractivity contribution < 1.29 is 4.74 Å². The molecule has 0 bridgehead atoms. The highest BCUT2D eigenvalue weighted by atomic mass is 16.5. The molecule has 4 rings (SSSR count). The number of hydrogen-bond acceptors (Lipinski definition) is 6. The number of tetrazole rings is 1. The van der Waals surface area contributed by atoms with Crippen LogP contribution in [-0.2, 0) is 6.54 Å².